The summed E-state index contributed by atoms with van der Waals surface area (Å²) < 4.78 is 0. The average Bonchev–Trinajstić information content (AvgIpc) is 2.76. The molecule has 102 valence electrons. The molecule has 1 aliphatic rings. The van der Waals surface area contributed by atoms with E-state index in [0.29, 0.717) is 10.6 Å². The number of anilines is 1. The number of nitrogens with zero attached hydrogens (tertiary/aromatic N) is 2. The highest BCUT2D eigenvalue weighted by molar-refractivity contribution is 6.35. The minimum Gasteiger partial charge on any atom is -0.305 e. The third-order valence-corrected chi connectivity index (χ3v) is 3.99. The molecule has 0 aliphatic carbocycles. The Kier molecular flexibility index (Phi) is 3.40. The molecular formula is C15H12Cl2N2O. The van der Waals surface area contributed by atoms with E-state index in [0.717, 1.165) is 12.1 Å². The number of hydrogen-bond donors (Lipinski definition) is 0. The van der Waals surface area contributed by atoms with Crippen LogP contribution in [0.3, 0.4) is 0 Å². The maximum atomic E-state index is 12.7. The van der Waals surface area contributed by atoms with E-state index in [1.54, 1.807) is 4.90 Å². The van der Waals surface area contributed by atoms with Crippen molar-refractivity contribution in [3.05, 3.63) is 57.8 Å². The third-order valence-electron chi connectivity index (χ3n) is 3.48. The average molecular weight is 307 g/mol. The number of carbonyl (C=O) groups is 1. The minimum absolute atomic E-state index is 0.0999. The van der Waals surface area contributed by atoms with Crippen LogP contribution in [0.15, 0.2) is 36.5 Å². The van der Waals surface area contributed by atoms with Crippen molar-refractivity contribution in [1.29, 1.82) is 0 Å². The number of carbonyl (C=O) groups excluding carboxylic acids is 1. The zero-order valence-corrected chi connectivity index (χ0v) is 12.3. The van der Waals surface area contributed by atoms with Crippen LogP contribution in [0.4, 0.5) is 5.69 Å². The van der Waals surface area contributed by atoms with Gasteiger partial charge in [0.2, 0.25) is 0 Å². The first kappa shape index (κ1) is 13.4. The summed E-state index contributed by atoms with van der Waals surface area (Å²) in [6, 6.07) is 9.52. The van der Waals surface area contributed by atoms with E-state index in [4.69, 9.17) is 23.2 Å². The molecular weight excluding hydrogens is 295 g/mol. The number of aromatic nitrogens is 1. The molecule has 1 aromatic carbocycles. The lowest BCUT2D eigenvalue weighted by atomic mass is 10.1. The van der Waals surface area contributed by atoms with E-state index in [2.05, 4.69) is 4.98 Å². The molecule has 1 unspecified atom stereocenters. The van der Waals surface area contributed by atoms with Crippen LogP contribution in [0.25, 0.3) is 0 Å². The van der Waals surface area contributed by atoms with Gasteiger partial charge in [0.1, 0.15) is 5.15 Å². The molecule has 2 aromatic rings. The summed E-state index contributed by atoms with van der Waals surface area (Å²) >= 11 is 11.9. The van der Waals surface area contributed by atoms with Crippen molar-refractivity contribution in [2.75, 3.05) is 4.90 Å². The van der Waals surface area contributed by atoms with Crippen LogP contribution >= 0.6 is 23.2 Å². The smallest absolute Gasteiger partial charge is 0.260 e. The molecule has 0 bridgehead atoms. The number of para-hydroxylation sites is 1. The van der Waals surface area contributed by atoms with Crippen molar-refractivity contribution in [3.63, 3.8) is 0 Å². The minimum atomic E-state index is -0.142. The molecule has 2 heterocycles. The normalized spacial score (nSPS) is 17.1. The molecule has 20 heavy (non-hydrogen) atoms. The Morgan fingerprint density at radius 3 is 2.90 bits per heavy atom. The number of amides is 1. The number of fused-ring (bicyclic) bond motifs is 1. The molecule has 1 aromatic heterocycles. The van der Waals surface area contributed by atoms with Crippen LogP contribution < -0.4 is 4.90 Å². The van der Waals surface area contributed by atoms with Gasteiger partial charge in [0, 0.05) is 17.9 Å². The fourth-order valence-electron chi connectivity index (χ4n) is 2.58. The Hall–Kier alpha value is -1.58. The Labute approximate surface area is 127 Å². The van der Waals surface area contributed by atoms with Crippen LogP contribution in [0.2, 0.25) is 10.2 Å². The standard InChI is InChI=1S/C15H12Cl2N2O/c1-9-6-10-4-2-3-5-13(10)19(9)15(20)11-7-14(17)18-8-12(11)16/h2-5,7-9H,6H2,1H3. The second-order valence-corrected chi connectivity index (χ2v) is 5.64. The molecule has 5 heteroatoms. The van der Waals surface area contributed by atoms with Crippen LogP contribution in [0.1, 0.15) is 22.8 Å². The first-order chi connectivity index (χ1) is 9.58. The number of halogens is 2. The maximum absolute atomic E-state index is 12.7. The van der Waals surface area contributed by atoms with Gasteiger partial charge < -0.3 is 4.90 Å². The number of hydrogen-bond acceptors (Lipinski definition) is 2. The van der Waals surface area contributed by atoms with Gasteiger partial charge in [0.15, 0.2) is 0 Å². The predicted molar refractivity (Wildman–Crippen MR) is 80.7 cm³/mol. The van der Waals surface area contributed by atoms with E-state index in [9.17, 15) is 4.79 Å². The Bertz CT molecular complexity index is 687. The monoisotopic (exact) mass is 306 g/mol. The fraction of sp³-hybridized carbons (Fsp3) is 0.200. The first-order valence-corrected chi connectivity index (χ1v) is 7.06. The Morgan fingerprint density at radius 2 is 2.10 bits per heavy atom. The lowest BCUT2D eigenvalue weighted by Gasteiger charge is -2.23. The number of benzene rings is 1. The van der Waals surface area contributed by atoms with E-state index in [1.165, 1.54) is 17.8 Å². The lowest BCUT2D eigenvalue weighted by molar-refractivity contribution is 0.0981. The summed E-state index contributed by atoms with van der Waals surface area (Å²) in [6.07, 6.45) is 2.25. The van der Waals surface area contributed by atoms with Crippen molar-refractivity contribution < 1.29 is 4.79 Å². The quantitative estimate of drug-likeness (QED) is 0.747. The van der Waals surface area contributed by atoms with Crippen molar-refractivity contribution in [1.82, 2.24) is 4.98 Å². The van der Waals surface area contributed by atoms with Crippen LogP contribution in [-0.4, -0.2) is 16.9 Å². The molecule has 0 saturated carbocycles. The van der Waals surface area contributed by atoms with E-state index < -0.39 is 0 Å². The summed E-state index contributed by atoms with van der Waals surface area (Å²) in [7, 11) is 0. The van der Waals surface area contributed by atoms with Gasteiger partial charge in [-0.15, -0.1) is 0 Å². The predicted octanol–water partition coefficient (Wildman–Crippen LogP) is 3.98. The topological polar surface area (TPSA) is 33.2 Å². The molecule has 3 nitrogen and oxygen atoms in total. The highest BCUT2D eigenvalue weighted by Gasteiger charge is 2.32. The van der Waals surface area contributed by atoms with Crippen molar-refractivity contribution in [3.8, 4) is 0 Å². The van der Waals surface area contributed by atoms with Crippen LogP contribution in [0.5, 0.6) is 0 Å². The van der Waals surface area contributed by atoms with Gasteiger partial charge in [0.05, 0.1) is 10.6 Å². The molecule has 0 spiro atoms. The molecule has 3 rings (SSSR count). The van der Waals surface area contributed by atoms with Gasteiger partial charge in [-0.2, -0.15) is 0 Å². The van der Waals surface area contributed by atoms with Gasteiger partial charge in [-0.05, 0) is 31.0 Å². The molecule has 0 N–H and O–H groups in total. The second-order valence-electron chi connectivity index (χ2n) is 4.84. The Morgan fingerprint density at radius 1 is 1.35 bits per heavy atom. The van der Waals surface area contributed by atoms with Crippen molar-refractivity contribution in [2.24, 2.45) is 0 Å². The summed E-state index contributed by atoms with van der Waals surface area (Å²) in [4.78, 5) is 18.4. The first-order valence-electron chi connectivity index (χ1n) is 6.30. The molecule has 0 fully saturated rings. The number of rotatable bonds is 1. The van der Waals surface area contributed by atoms with Gasteiger partial charge in [-0.3, -0.25) is 4.79 Å². The largest absolute Gasteiger partial charge is 0.305 e. The summed E-state index contributed by atoms with van der Waals surface area (Å²) in [6.45, 7) is 2.02. The van der Waals surface area contributed by atoms with E-state index in [1.807, 2.05) is 31.2 Å². The zero-order chi connectivity index (χ0) is 14.3. The third kappa shape index (κ3) is 2.17. The summed E-state index contributed by atoms with van der Waals surface area (Å²) in [5, 5.41) is 0.578. The molecule has 1 amide bonds. The molecule has 1 aliphatic heterocycles. The fourth-order valence-corrected chi connectivity index (χ4v) is 2.92. The molecule has 0 radical (unpaired) electrons. The van der Waals surface area contributed by atoms with Crippen LogP contribution in [-0.2, 0) is 6.42 Å². The van der Waals surface area contributed by atoms with Gasteiger partial charge in [-0.1, -0.05) is 41.4 Å². The summed E-state index contributed by atoms with van der Waals surface area (Å²) in [5.74, 6) is -0.142. The van der Waals surface area contributed by atoms with E-state index >= 15 is 0 Å². The molecule has 0 saturated heterocycles. The highest BCUT2D eigenvalue weighted by Crippen LogP contribution is 2.34. The van der Waals surface area contributed by atoms with E-state index in [-0.39, 0.29) is 17.1 Å². The number of pyridine rings is 1. The van der Waals surface area contributed by atoms with Gasteiger partial charge in [0.25, 0.3) is 5.91 Å². The zero-order valence-electron chi connectivity index (χ0n) is 10.8. The SMILES string of the molecule is CC1Cc2ccccc2N1C(=O)c1cc(Cl)ncc1Cl. The highest BCUT2D eigenvalue weighted by atomic mass is 35.5. The maximum Gasteiger partial charge on any atom is 0.260 e. The van der Waals surface area contributed by atoms with Crippen molar-refractivity contribution >= 4 is 34.8 Å². The second kappa shape index (κ2) is 5.08. The lowest BCUT2D eigenvalue weighted by Crippen LogP contribution is -2.35. The Balaban J connectivity index is 2.05. The van der Waals surface area contributed by atoms with Gasteiger partial charge >= 0.3 is 0 Å². The molecule has 1 atom stereocenters. The van der Waals surface area contributed by atoms with Gasteiger partial charge in [-0.25, -0.2) is 4.98 Å². The van der Waals surface area contributed by atoms with Crippen molar-refractivity contribution in [2.45, 2.75) is 19.4 Å². The van der Waals surface area contributed by atoms with Crippen LogP contribution in [0, 0.1) is 0 Å². The summed E-state index contributed by atoms with van der Waals surface area (Å²) in [5.41, 5.74) is 2.49.